The van der Waals surface area contributed by atoms with Gasteiger partial charge in [-0.2, -0.15) is 0 Å². The molecule has 1 amide bonds. The summed E-state index contributed by atoms with van der Waals surface area (Å²) in [5.74, 6) is 0.855. The minimum atomic E-state index is -0.281. The predicted molar refractivity (Wildman–Crippen MR) is 66.5 cm³/mol. The Bertz CT molecular complexity index is 300. The van der Waals surface area contributed by atoms with E-state index in [1.807, 2.05) is 18.9 Å². The van der Waals surface area contributed by atoms with Gasteiger partial charge in [-0.1, -0.05) is 6.92 Å². The van der Waals surface area contributed by atoms with Gasteiger partial charge in [0.2, 0.25) is 5.91 Å². The van der Waals surface area contributed by atoms with Crippen molar-refractivity contribution in [1.82, 2.24) is 4.90 Å². The van der Waals surface area contributed by atoms with Crippen LogP contribution >= 0.6 is 0 Å². The number of nitrogens with two attached hydrogens (primary N) is 1. The average Bonchev–Trinajstić information content (AvgIpc) is 2.69. The van der Waals surface area contributed by atoms with Gasteiger partial charge in [0.25, 0.3) is 0 Å². The van der Waals surface area contributed by atoms with Gasteiger partial charge in [0.15, 0.2) is 0 Å². The number of hydrogen-bond donors (Lipinski definition) is 1. The quantitative estimate of drug-likeness (QED) is 0.800. The first kappa shape index (κ1) is 12.8. The molecule has 1 heterocycles. The Morgan fingerprint density at radius 2 is 2.12 bits per heavy atom. The Morgan fingerprint density at radius 3 is 2.53 bits per heavy atom. The first-order valence-electron chi connectivity index (χ1n) is 6.59. The maximum Gasteiger partial charge on any atom is 0.230 e. The molecule has 0 aromatic rings. The van der Waals surface area contributed by atoms with Crippen LogP contribution in [0.2, 0.25) is 0 Å². The fraction of sp³-hybridized carbons (Fsp3) is 0.923. The lowest BCUT2D eigenvalue weighted by atomic mass is 9.61. The molecular weight excluding hydrogens is 216 g/mol. The van der Waals surface area contributed by atoms with E-state index in [-0.39, 0.29) is 23.5 Å². The van der Waals surface area contributed by atoms with E-state index in [9.17, 15) is 4.79 Å². The van der Waals surface area contributed by atoms with Crippen LogP contribution in [-0.2, 0) is 9.53 Å². The van der Waals surface area contributed by atoms with E-state index in [0.717, 1.165) is 25.9 Å². The number of ether oxygens (including phenoxy) is 1. The molecule has 2 aliphatic rings. The number of rotatable bonds is 3. The molecule has 17 heavy (non-hydrogen) atoms. The molecular formula is C13H24N2O2. The lowest BCUT2D eigenvalue weighted by Crippen LogP contribution is -2.56. The van der Waals surface area contributed by atoms with Gasteiger partial charge in [-0.15, -0.1) is 0 Å². The lowest BCUT2D eigenvalue weighted by Gasteiger charge is -2.47. The molecule has 2 fully saturated rings. The van der Waals surface area contributed by atoms with Crippen molar-refractivity contribution in [2.45, 2.75) is 45.3 Å². The summed E-state index contributed by atoms with van der Waals surface area (Å²) in [5.41, 5.74) is 5.54. The zero-order valence-corrected chi connectivity index (χ0v) is 11.1. The van der Waals surface area contributed by atoms with Crippen molar-refractivity contribution in [1.29, 1.82) is 0 Å². The Balaban J connectivity index is 2.04. The van der Waals surface area contributed by atoms with Gasteiger partial charge in [0.05, 0.1) is 17.6 Å². The molecule has 0 aromatic heterocycles. The van der Waals surface area contributed by atoms with E-state index >= 15 is 0 Å². The van der Waals surface area contributed by atoms with Crippen molar-refractivity contribution in [2.24, 2.45) is 17.1 Å². The molecule has 4 nitrogen and oxygen atoms in total. The number of nitrogens with zero attached hydrogens (tertiary/aromatic N) is 1. The molecule has 1 aliphatic heterocycles. The van der Waals surface area contributed by atoms with Crippen LogP contribution in [-0.4, -0.2) is 43.2 Å². The molecule has 4 heteroatoms. The average molecular weight is 240 g/mol. The van der Waals surface area contributed by atoms with E-state index in [1.54, 1.807) is 0 Å². The monoisotopic (exact) mass is 240 g/mol. The molecule has 0 spiro atoms. The molecule has 1 saturated heterocycles. The van der Waals surface area contributed by atoms with Crippen LogP contribution in [0.25, 0.3) is 0 Å². The van der Waals surface area contributed by atoms with Crippen molar-refractivity contribution in [3.05, 3.63) is 0 Å². The minimum Gasteiger partial charge on any atom is -0.376 e. The highest BCUT2D eigenvalue weighted by atomic mass is 16.5. The maximum absolute atomic E-state index is 12.5. The molecule has 1 aliphatic carbocycles. The Morgan fingerprint density at radius 1 is 1.47 bits per heavy atom. The second-order valence-corrected chi connectivity index (χ2v) is 5.85. The molecule has 2 unspecified atom stereocenters. The van der Waals surface area contributed by atoms with Crippen molar-refractivity contribution in [3.63, 3.8) is 0 Å². The van der Waals surface area contributed by atoms with Gasteiger partial charge < -0.3 is 15.4 Å². The molecule has 0 aromatic carbocycles. The Kier molecular flexibility index (Phi) is 3.46. The number of hydrogen-bond acceptors (Lipinski definition) is 3. The third-order valence-electron chi connectivity index (χ3n) is 4.48. The van der Waals surface area contributed by atoms with Crippen molar-refractivity contribution < 1.29 is 9.53 Å². The van der Waals surface area contributed by atoms with E-state index in [4.69, 9.17) is 10.5 Å². The van der Waals surface area contributed by atoms with Crippen LogP contribution in [0, 0.1) is 11.3 Å². The Hall–Kier alpha value is -0.610. The highest BCUT2D eigenvalue weighted by Gasteiger charge is 2.49. The standard InChI is InChI=1S/C13H24N2O2/c1-9-6-13(7-9,8-14)12(16)15(3)11-4-5-17-10(11)2/h9-11H,4-8,14H2,1-3H3. The first-order chi connectivity index (χ1) is 8.00. The van der Waals surface area contributed by atoms with Gasteiger partial charge in [-0.3, -0.25) is 4.79 Å². The van der Waals surface area contributed by atoms with Crippen molar-refractivity contribution in [2.75, 3.05) is 20.2 Å². The number of carbonyl (C=O) groups is 1. The fourth-order valence-electron chi connectivity index (χ4n) is 3.46. The SMILES string of the molecule is CC1CC(CN)(C(=O)N(C)C2CCOC2C)C1. The first-order valence-corrected chi connectivity index (χ1v) is 6.59. The van der Waals surface area contributed by atoms with Crippen LogP contribution in [0.15, 0.2) is 0 Å². The van der Waals surface area contributed by atoms with Crippen LogP contribution in [0.3, 0.4) is 0 Å². The predicted octanol–water partition coefficient (Wildman–Crippen LogP) is 0.997. The summed E-state index contributed by atoms with van der Waals surface area (Å²) >= 11 is 0. The maximum atomic E-state index is 12.5. The Labute approximate surface area is 103 Å². The van der Waals surface area contributed by atoms with Crippen molar-refractivity contribution in [3.8, 4) is 0 Å². The molecule has 2 rings (SSSR count). The summed E-state index contributed by atoms with van der Waals surface area (Å²) in [7, 11) is 1.90. The summed E-state index contributed by atoms with van der Waals surface area (Å²) in [6, 6.07) is 0.224. The number of amides is 1. The van der Waals surface area contributed by atoms with Crippen LogP contribution < -0.4 is 5.73 Å². The second kappa shape index (κ2) is 4.58. The van der Waals surface area contributed by atoms with E-state index in [2.05, 4.69) is 6.92 Å². The highest BCUT2D eigenvalue weighted by molar-refractivity contribution is 5.84. The minimum absolute atomic E-state index is 0.149. The van der Waals surface area contributed by atoms with E-state index < -0.39 is 0 Å². The van der Waals surface area contributed by atoms with Gasteiger partial charge in [-0.05, 0) is 32.1 Å². The summed E-state index contributed by atoms with van der Waals surface area (Å²) in [6.45, 7) is 5.46. The summed E-state index contributed by atoms with van der Waals surface area (Å²) in [6.07, 6.45) is 2.97. The van der Waals surface area contributed by atoms with E-state index in [1.165, 1.54) is 0 Å². The van der Waals surface area contributed by atoms with Gasteiger partial charge >= 0.3 is 0 Å². The molecule has 98 valence electrons. The van der Waals surface area contributed by atoms with Gasteiger partial charge in [-0.25, -0.2) is 0 Å². The largest absolute Gasteiger partial charge is 0.376 e. The van der Waals surface area contributed by atoms with Gasteiger partial charge in [0, 0.05) is 20.2 Å². The normalized spacial score (nSPS) is 41.1. The van der Waals surface area contributed by atoms with Crippen LogP contribution in [0.1, 0.15) is 33.1 Å². The molecule has 0 bridgehead atoms. The third kappa shape index (κ3) is 2.08. The lowest BCUT2D eigenvalue weighted by molar-refractivity contribution is -0.151. The molecule has 1 saturated carbocycles. The number of carbonyl (C=O) groups excluding carboxylic acids is 1. The van der Waals surface area contributed by atoms with Crippen LogP contribution in [0.5, 0.6) is 0 Å². The zero-order valence-electron chi connectivity index (χ0n) is 11.1. The summed E-state index contributed by atoms with van der Waals surface area (Å²) in [5, 5.41) is 0. The number of likely N-dealkylation sites (N-methyl/N-ethyl adjacent to an activating group) is 1. The fourth-order valence-corrected chi connectivity index (χ4v) is 3.46. The van der Waals surface area contributed by atoms with E-state index in [0.29, 0.717) is 12.5 Å². The zero-order chi connectivity index (χ0) is 12.6. The smallest absolute Gasteiger partial charge is 0.230 e. The molecule has 2 atom stereocenters. The van der Waals surface area contributed by atoms with Crippen molar-refractivity contribution >= 4 is 5.91 Å². The molecule has 0 radical (unpaired) electrons. The van der Waals surface area contributed by atoms with Gasteiger partial charge in [0.1, 0.15) is 0 Å². The summed E-state index contributed by atoms with van der Waals surface area (Å²) < 4.78 is 5.53. The topological polar surface area (TPSA) is 55.6 Å². The molecule has 2 N–H and O–H groups in total. The summed E-state index contributed by atoms with van der Waals surface area (Å²) in [4.78, 5) is 14.4. The van der Waals surface area contributed by atoms with Crippen LogP contribution in [0.4, 0.5) is 0 Å². The third-order valence-corrected chi connectivity index (χ3v) is 4.48. The highest BCUT2D eigenvalue weighted by Crippen LogP contribution is 2.46. The second-order valence-electron chi connectivity index (χ2n) is 5.85.